The molecule has 0 aromatic carbocycles. The van der Waals surface area contributed by atoms with E-state index in [1.165, 1.54) is 0 Å². The molecule has 0 rings (SSSR count). The van der Waals surface area contributed by atoms with Gasteiger partial charge in [-0.05, 0) is 6.42 Å². The molecule has 2 amide bonds. The second kappa shape index (κ2) is 9.52. The van der Waals surface area contributed by atoms with E-state index in [0.29, 0.717) is 6.61 Å². The van der Waals surface area contributed by atoms with Crippen LogP contribution in [0, 0.1) is 0 Å². The van der Waals surface area contributed by atoms with E-state index in [1.54, 1.807) is 0 Å². The summed E-state index contributed by atoms with van der Waals surface area (Å²) in [4.78, 5) is 9.00. The molecule has 0 aliphatic rings. The molecule has 0 atom stereocenters. The number of primary amides is 2. The van der Waals surface area contributed by atoms with Gasteiger partial charge in [0.05, 0.1) is 0 Å². The summed E-state index contributed by atoms with van der Waals surface area (Å²) in [6.45, 7) is 2.25. The third-order valence-corrected chi connectivity index (χ3v) is 0.224. The van der Waals surface area contributed by atoms with Crippen molar-refractivity contribution in [2.24, 2.45) is 11.5 Å². The maximum absolute atomic E-state index is 9.00. The van der Waals surface area contributed by atoms with E-state index in [4.69, 9.17) is 9.90 Å². The fourth-order valence-corrected chi connectivity index (χ4v) is 0. The third-order valence-electron chi connectivity index (χ3n) is 0.224. The van der Waals surface area contributed by atoms with Gasteiger partial charge in [-0.15, -0.1) is 0 Å². The third kappa shape index (κ3) is 1770. The van der Waals surface area contributed by atoms with Gasteiger partial charge in [-0.3, -0.25) is 0 Å². The van der Waals surface area contributed by atoms with Crippen molar-refractivity contribution in [2.45, 2.75) is 13.3 Å². The molecule has 0 saturated heterocycles. The largest absolute Gasteiger partial charge is 0.396 e. The van der Waals surface area contributed by atoms with E-state index in [0.717, 1.165) is 6.42 Å². The van der Waals surface area contributed by atoms with E-state index in [-0.39, 0.29) is 0 Å². The number of carbonyl (C=O) groups excluding carboxylic acids is 1. The molecule has 0 spiro atoms. The summed E-state index contributed by atoms with van der Waals surface area (Å²) >= 11 is 0. The highest BCUT2D eigenvalue weighted by Gasteiger charge is 1.60. The Balaban J connectivity index is 0. The molecule has 5 N–H and O–H groups in total. The summed E-state index contributed by atoms with van der Waals surface area (Å²) in [6.07, 6.45) is 0.875. The molecule has 0 aromatic heterocycles. The van der Waals surface area contributed by atoms with E-state index in [9.17, 15) is 0 Å². The van der Waals surface area contributed by atoms with Gasteiger partial charge in [0, 0.05) is 6.61 Å². The van der Waals surface area contributed by atoms with Gasteiger partial charge < -0.3 is 16.6 Å². The van der Waals surface area contributed by atoms with Crippen molar-refractivity contribution in [3.63, 3.8) is 0 Å². The van der Waals surface area contributed by atoms with Gasteiger partial charge in [0.25, 0.3) is 0 Å². The number of hydrogen-bond donors (Lipinski definition) is 3. The van der Waals surface area contributed by atoms with E-state index in [1.807, 2.05) is 6.92 Å². The van der Waals surface area contributed by atoms with Crippen LogP contribution in [0.3, 0.4) is 0 Å². The first-order valence-electron chi connectivity index (χ1n) is 2.30. The minimum atomic E-state index is -0.833. The van der Waals surface area contributed by atoms with Gasteiger partial charge in [-0.2, -0.15) is 0 Å². The Labute approximate surface area is 48.5 Å². The monoisotopic (exact) mass is 120 g/mol. The number of aliphatic hydroxyl groups is 1. The van der Waals surface area contributed by atoms with Gasteiger partial charge in [-0.1, -0.05) is 6.92 Å². The first-order valence-corrected chi connectivity index (χ1v) is 2.30. The molecule has 0 radical (unpaired) electrons. The lowest BCUT2D eigenvalue weighted by molar-refractivity contribution is 0.256. The molecule has 50 valence electrons. The van der Waals surface area contributed by atoms with Crippen LogP contribution in [0.2, 0.25) is 0 Å². The smallest absolute Gasteiger partial charge is 0.309 e. The zero-order valence-electron chi connectivity index (χ0n) is 4.92. The molecule has 0 aliphatic heterocycles. The van der Waals surface area contributed by atoms with Gasteiger partial charge >= 0.3 is 6.03 Å². The summed E-state index contributed by atoms with van der Waals surface area (Å²) in [5.74, 6) is 0. The van der Waals surface area contributed by atoms with Crippen LogP contribution < -0.4 is 11.5 Å². The number of hydrogen-bond acceptors (Lipinski definition) is 2. The lowest BCUT2D eigenvalue weighted by atomic mass is 10.5. The highest BCUT2D eigenvalue weighted by Crippen LogP contribution is 1.61. The highest BCUT2D eigenvalue weighted by molar-refractivity contribution is 5.69. The summed E-state index contributed by atoms with van der Waals surface area (Å²) in [7, 11) is 0. The lowest BCUT2D eigenvalue weighted by Crippen LogP contribution is -2.18. The SMILES string of the molecule is CCCO.NC(N)=O. The van der Waals surface area contributed by atoms with Crippen LogP contribution in [0.1, 0.15) is 13.3 Å². The summed E-state index contributed by atoms with van der Waals surface area (Å²) in [5, 5.41) is 7.88. The second-order valence-corrected chi connectivity index (χ2v) is 1.13. The summed E-state index contributed by atoms with van der Waals surface area (Å²) < 4.78 is 0. The molecular formula is C4H12N2O2. The summed E-state index contributed by atoms with van der Waals surface area (Å²) in [6, 6.07) is -0.833. The number of aliphatic hydroxyl groups excluding tert-OH is 1. The van der Waals surface area contributed by atoms with Gasteiger partial charge in [0.15, 0.2) is 0 Å². The van der Waals surface area contributed by atoms with Crippen molar-refractivity contribution in [1.29, 1.82) is 0 Å². The highest BCUT2D eigenvalue weighted by atomic mass is 16.2. The molecule has 0 aliphatic carbocycles. The summed E-state index contributed by atoms with van der Waals surface area (Å²) in [5.41, 5.74) is 8.50. The van der Waals surface area contributed by atoms with Crippen LogP contribution in [0.15, 0.2) is 0 Å². The van der Waals surface area contributed by atoms with Crippen molar-refractivity contribution in [3.8, 4) is 0 Å². The van der Waals surface area contributed by atoms with Gasteiger partial charge in [0.2, 0.25) is 0 Å². The Morgan fingerprint density at radius 2 is 1.75 bits per heavy atom. The number of rotatable bonds is 1. The second-order valence-electron chi connectivity index (χ2n) is 1.13. The van der Waals surface area contributed by atoms with E-state index < -0.39 is 6.03 Å². The Hall–Kier alpha value is -0.770. The molecule has 0 bridgehead atoms. The average molecular weight is 120 g/mol. The molecule has 0 heterocycles. The molecule has 0 saturated carbocycles. The first kappa shape index (κ1) is 10.3. The predicted octanol–water partition coefficient (Wildman–Crippen LogP) is -0.588. The normalized spacial score (nSPS) is 6.75. The average Bonchev–Trinajstić information content (AvgIpc) is 1.65. The number of nitrogens with two attached hydrogens (primary N) is 2. The lowest BCUT2D eigenvalue weighted by Gasteiger charge is -1.69. The Kier molecular flexibility index (Phi) is 12.2. The van der Waals surface area contributed by atoms with E-state index >= 15 is 0 Å². The van der Waals surface area contributed by atoms with Gasteiger partial charge in [-0.25, -0.2) is 4.79 Å². The zero-order valence-corrected chi connectivity index (χ0v) is 4.92. The van der Waals surface area contributed by atoms with Gasteiger partial charge in [0.1, 0.15) is 0 Å². The number of amides is 2. The van der Waals surface area contributed by atoms with E-state index in [2.05, 4.69) is 11.5 Å². The molecule has 0 unspecified atom stereocenters. The zero-order chi connectivity index (χ0) is 6.99. The standard InChI is InChI=1S/C3H8O.CH4N2O/c1-2-3-4;2-1(3)4/h4H,2-3H2,1H3;(H4,2,3,4). The first-order chi connectivity index (χ1) is 3.65. The van der Waals surface area contributed by atoms with Crippen molar-refractivity contribution < 1.29 is 9.90 Å². The molecule has 4 nitrogen and oxygen atoms in total. The minimum Gasteiger partial charge on any atom is -0.396 e. The van der Waals surface area contributed by atoms with Crippen molar-refractivity contribution >= 4 is 6.03 Å². The number of urea groups is 1. The number of carbonyl (C=O) groups is 1. The van der Waals surface area contributed by atoms with Crippen LogP contribution in [0.4, 0.5) is 4.79 Å². The quantitative estimate of drug-likeness (QED) is 0.432. The maximum Gasteiger partial charge on any atom is 0.309 e. The Bertz CT molecular complexity index is 50.0. The van der Waals surface area contributed by atoms with Crippen LogP contribution in [-0.2, 0) is 0 Å². The minimum absolute atomic E-state index is 0.319. The molecule has 8 heavy (non-hydrogen) atoms. The van der Waals surface area contributed by atoms with Crippen LogP contribution in [-0.4, -0.2) is 17.7 Å². The maximum atomic E-state index is 9.00. The molecule has 0 fully saturated rings. The molecular weight excluding hydrogens is 108 g/mol. The predicted molar refractivity (Wildman–Crippen MR) is 31.1 cm³/mol. The topological polar surface area (TPSA) is 89.3 Å². The van der Waals surface area contributed by atoms with Crippen molar-refractivity contribution in [3.05, 3.63) is 0 Å². The van der Waals surface area contributed by atoms with Crippen molar-refractivity contribution in [1.82, 2.24) is 0 Å². The molecule has 0 aromatic rings. The molecule has 4 heteroatoms. The van der Waals surface area contributed by atoms with Crippen LogP contribution in [0.5, 0.6) is 0 Å². The van der Waals surface area contributed by atoms with Crippen molar-refractivity contribution in [2.75, 3.05) is 6.61 Å². The van der Waals surface area contributed by atoms with Crippen LogP contribution >= 0.6 is 0 Å². The van der Waals surface area contributed by atoms with Crippen LogP contribution in [0.25, 0.3) is 0 Å². The fourth-order valence-electron chi connectivity index (χ4n) is 0. The Morgan fingerprint density at radius 1 is 1.62 bits per heavy atom. The Morgan fingerprint density at radius 3 is 1.75 bits per heavy atom. The fraction of sp³-hybridized carbons (Fsp3) is 0.750.